The van der Waals surface area contributed by atoms with Crippen LogP contribution in [0.4, 0.5) is 0 Å². The van der Waals surface area contributed by atoms with E-state index in [2.05, 4.69) is 70.0 Å². The van der Waals surface area contributed by atoms with Gasteiger partial charge in [-0.3, -0.25) is 4.98 Å². The number of hydrogen-bond donors (Lipinski definition) is 0. The minimum absolute atomic E-state index is 0.0421. The zero-order valence-electron chi connectivity index (χ0n) is 13.4. The normalized spacial score (nSPS) is 14.5. The van der Waals surface area contributed by atoms with Gasteiger partial charge in [-0.1, -0.05) is 45.0 Å². The molecule has 3 heteroatoms. The highest BCUT2D eigenvalue weighted by Gasteiger charge is 2.38. The predicted octanol–water partition coefficient (Wildman–Crippen LogP) is 5.32. The number of pyridine rings is 1. The fraction of sp³-hybridized carbons (Fsp3) is 0.471. The quantitative estimate of drug-likeness (QED) is 0.713. The standard InChI is InChI=1S/C17H25NOSi/c1-13(19-20(5,6)17(2,3)4)16-11-14-9-7-8-10-15(14)12-18-16/h7-13H,1-6H3/t13-/m1/s1. The summed E-state index contributed by atoms with van der Waals surface area (Å²) in [6.45, 7) is 13.5. The van der Waals surface area contributed by atoms with Crippen molar-refractivity contribution in [2.75, 3.05) is 0 Å². The van der Waals surface area contributed by atoms with Gasteiger partial charge in [-0.15, -0.1) is 0 Å². The SMILES string of the molecule is C[C@@H](O[Si](C)(C)C(C)(C)C)c1cc2ccccc2cn1. The van der Waals surface area contributed by atoms with E-state index < -0.39 is 8.32 Å². The molecule has 0 amide bonds. The third-order valence-corrected chi connectivity index (χ3v) is 8.90. The highest BCUT2D eigenvalue weighted by atomic mass is 28.4. The third kappa shape index (κ3) is 3.10. The monoisotopic (exact) mass is 287 g/mol. The molecule has 20 heavy (non-hydrogen) atoms. The fourth-order valence-corrected chi connectivity index (χ4v) is 3.36. The lowest BCUT2D eigenvalue weighted by molar-refractivity contribution is 0.198. The molecule has 1 heterocycles. The van der Waals surface area contributed by atoms with Crippen molar-refractivity contribution in [1.82, 2.24) is 4.98 Å². The summed E-state index contributed by atoms with van der Waals surface area (Å²) in [5.74, 6) is 0. The summed E-state index contributed by atoms with van der Waals surface area (Å²) >= 11 is 0. The molecular weight excluding hydrogens is 262 g/mol. The van der Waals surface area contributed by atoms with E-state index in [1.54, 1.807) is 0 Å². The maximum absolute atomic E-state index is 6.41. The van der Waals surface area contributed by atoms with Crippen molar-refractivity contribution in [3.05, 3.63) is 42.2 Å². The first-order valence-corrected chi connectivity index (χ1v) is 10.1. The molecule has 0 radical (unpaired) electrons. The number of aromatic nitrogens is 1. The number of benzene rings is 1. The molecule has 1 aromatic heterocycles. The summed E-state index contributed by atoms with van der Waals surface area (Å²) in [5, 5.41) is 2.62. The van der Waals surface area contributed by atoms with E-state index in [0.717, 1.165) is 5.69 Å². The maximum atomic E-state index is 6.41. The molecule has 0 N–H and O–H groups in total. The molecule has 108 valence electrons. The fourth-order valence-electron chi connectivity index (χ4n) is 2.00. The second kappa shape index (κ2) is 5.30. The second-order valence-electron chi connectivity index (χ2n) is 6.98. The van der Waals surface area contributed by atoms with E-state index in [1.807, 2.05) is 12.3 Å². The summed E-state index contributed by atoms with van der Waals surface area (Å²) in [7, 11) is -1.76. The Bertz CT molecular complexity index is 601. The summed E-state index contributed by atoms with van der Waals surface area (Å²) in [5.41, 5.74) is 1.02. The van der Waals surface area contributed by atoms with Crippen LogP contribution in [0.2, 0.25) is 18.1 Å². The van der Waals surface area contributed by atoms with Gasteiger partial charge in [-0.05, 0) is 36.5 Å². The molecule has 0 aliphatic rings. The van der Waals surface area contributed by atoms with Crippen molar-refractivity contribution >= 4 is 19.1 Å². The molecule has 0 fully saturated rings. The van der Waals surface area contributed by atoms with E-state index >= 15 is 0 Å². The highest BCUT2D eigenvalue weighted by molar-refractivity contribution is 6.74. The summed E-state index contributed by atoms with van der Waals surface area (Å²) < 4.78 is 6.41. The second-order valence-corrected chi connectivity index (χ2v) is 11.7. The molecule has 0 saturated heterocycles. The molecule has 0 spiro atoms. The van der Waals surface area contributed by atoms with Crippen molar-refractivity contribution in [3.8, 4) is 0 Å². The molecule has 0 aliphatic heterocycles. The Kier molecular flexibility index (Phi) is 4.03. The van der Waals surface area contributed by atoms with Gasteiger partial charge in [0.2, 0.25) is 0 Å². The first kappa shape index (κ1) is 15.2. The lowest BCUT2D eigenvalue weighted by Crippen LogP contribution is -2.41. The van der Waals surface area contributed by atoms with E-state index in [-0.39, 0.29) is 11.1 Å². The van der Waals surface area contributed by atoms with Gasteiger partial charge in [-0.25, -0.2) is 0 Å². The molecule has 2 nitrogen and oxygen atoms in total. The summed E-state index contributed by atoms with van der Waals surface area (Å²) in [6.07, 6.45) is 1.98. The van der Waals surface area contributed by atoms with Crippen molar-refractivity contribution in [1.29, 1.82) is 0 Å². The topological polar surface area (TPSA) is 22.1 Å². The molecule has 0 unspecified atom stereocenters. The number of rotatable bonds is 3. The smallest absolute Gasteiger partial charge is 0.192 e. The molecule has 2 aromatic rings. The van der Waals surface area contributed by atoms with Crippen LogP contribution in [0.25, 0.3) is 10.8 Å². The van der Waals surface area contributed by atoms with Gasteiger partial charge in [0.15, 0.2) is 8.32 Å². The van der Waals surface area contributed by atoms with Crippen LogP contribution in [-0.2, 0) is 4.43 Å². The van der Waals surface area contributed by atoms with Crippen molar-refractivity contribution in [3.63, 3.8) is 0 Å². The van der Waals surface area contributed by atoms with Gasteiger partial charge in [0.1, 0.15) is 0 Å². The Morgan fingerprint density at radius 3 is 2.30 bits per heavy atom. The Labute approximate surface area is 123 Å². The van der Waals surface area contributed by atoms with Crippen molar-refractivity contribution in [2.45, 2.75) is 51.9 Å². The lowest BCUT2D eigenvalue weighted by Gasteiger charge is -2.38. The highest BCUT2D eigenvalue weighted by Crippen LogP contribution is 2.39. The molecule has 0 saturated carbocycles. The number of nitrogens with zero attached hydrogens (tertiary/aromatic N) is 1. The number of fused-ring (bicyclic) bond motifs is 1. The van der Waals surface area contributed by atoms with Crippen LogP contribution in [0, 0.1) is 0 Å². The molecule has 1 atom stereocenters. The Balaban J connectivity index is 2.25. The van der Waals surface area contributed by atoms with Gasteiger partial charge < -0.3 is 4.43 Å². The molecule has 0 aliphatic carbocycles. The van der Waals surface area contributed by atoms with Crippen LogP contribution in [-0.4, -0.2) is 13.3 Å². The van der Waals surface area contributed by atoms with E-state index in [4.69, 9.17) is 4.43 Å². The van der Waals surface area contributed by atoms with Crippen LogP contribution < -0.4 is 0 Å². The average molecular weight is 287 g/mol. The molecule has 1 aromatic carbocycles. The van der Waals surface area contributed by atoms with E-state index in [9.17, 15) is 0 Å². The molecule has 0 bridgehead atoms. The van der Waals surface area contributed by atoms with Crippen LogP contribution in [0.15, 0.2) is 36.5 Å². The first-order chi connectivity index (χ1) is 9.21. The van der Waals surface area contributed by atoms with Crippen molar-refractivity contribution < 1.29 is 4.43 Å². The Morgan fingerprint density at radius 2 is 1.70 bits per heavy atom. The van der Waals surface area contributed by atoms with Crippen LogP contribution >= 0.6 is 0 Å². The van der Waals surface area contributed by atoms with Gasteiger partial charge in [0.25, 0.3) is 0 Å². The van der Waals surface area contributed by atoms with Gasteiger partial charge in [-0.2, -0.15) is 0 Å². The summed E-state index contributed by atoms with van der Waals surface area (Å²) in [4.78, 5) is 4.57. The van der Waals surface area contributed by atoms with Crippen LogP contribution in [0.5, 0.6) is 0 Å². The van der Waals surface area contributed by atoms with E-state index in [1.165, 1.54) is 10.8 Å². The molecule has 2 rings (SSSR count). The average Bonchev–Trinajstić information content (AvgIpc) is 2.36. The Morgan fingerprint density at radius 1 is 1.10 bits per heavy atom. The van der Waals surface area contributed by atoms with Gasteiger partial charge in [0, 0.05) is 11.6 Å². The minimum atomic E-state index is -1.76. The van der Waals surface area contributed by atoms with Crippen molar-refractivity contribution in [2.24, 2.45) is 0 Å². The van der Waals surface area contributed by atoms with E-state index in [0.29, 0.717) is 0 Å². The largest absolute Gasteiger partial charge is 0.409 e. The predicted molar refractivity (Wildman–Crippen MR) is 88.4 cm³/mol. The summed E-state index contributed by atoms with van der Waals surface area (Å²) in [6, 6.07) is 10.5. The minimum Gasteiger partial charge on any atom is -0.409 e. The Hall–Kier alpha value is -1.19. The first-order valence-electron chi connectivity index (χ1n) is 7.23. The van der Waals surface area contributed by atoms with Gasteiger partial charge in [0.05, 0.1) is 11.8 Å². The third-order valence-electron chi connectivity index (χ3n) is 4.35. The lowest BCUT2D eigenvalue weighted by atomic mass is 10.1. The van der Waals surface area contributed by atoms with Gasteiger partial charge >= 0.3 is 0 Å². The van der Waals surface area contributed by atoms with Crippen LogP contribution in [0.1, 0.15) is 39.5 Å². The van der Waals surface area contributed by atoms with Crippen LogP contribution in [0.3, 0.4) is 0 Å². The zero-order chi connectivity index (χ0) is 15.0. The molecular formula is C17H25NOSi. The maximum Gasteiger partial charge on any atom is 0.192 e. The zero-order valence-corrected chi connectivity index (χ0v) is 14.4. The number of hydrogen-bond acceptors (Lipinski definition) is 2.